The predicted molar refractivity (Wildman–Crippen MR) is 143 cm³/mol. The highest BCUT2D eigenvalue weighted by Gasteiger charge is 2.37. The molecule has 0 spiro atoms. The molecular formula is C28H20ClN3O3S. The van der Waals surface area contributed by atoms with Gasteiger partial charge in [0.25, 0.3) is 11.5 Å². The molecule has 0 saturated heterocycles. The molecule has 3 aromatic heterocycles. The Morgan fingerprint density at radius 2 is 1.89 bits per heavy atom. The summed E-state index contributed by atoms with van der Waals surface area (Å²) >= 11 is 7.76. The van der Waals surface area contributed by atoms with E-state index in [1.54, 1.807) is 36.1 Å². The largest absolute Gasteiger partial charge is 0.467 e. The first-order valence-electron chi connectivity index (χ1n) is 11.4. The first-order chi connectivity index (χ1) is 17.5. The summed E-state index contributed by atoms with van der Waals surface area (Å²) in [6.45, 7) is 0. The molecule has 178 valence electrons. The van der Waals surface area contributed by atoms with Gasteiger partial charge < -0.3 is 8.98 Å². The third-order valence-electron chi connectivity index (χ3n) is 6.43. The third-order valence-corrected chi connectivity index (χ3v) is 7.52. The number of furan rings is 1. The second-order valence-corrected chi connectivity index (χ2v) is 9.93. The molecule has 0 bridgehead atoms. The smallest absolute Gasteiger partial charge is 0.284 e. The van der Waals surface area contributed by atoms with E-state index >= 15 is 0 Å². The van der Waals surface area contributed by atoms with E-state index in [1.165, 1.54) is 16.3 Å². The summed E-state index contributed by atoms with van der Waals surface area (Å²) in [5.41, 5.74) is 3.18. The zero-order valence-corrected chi connectivity index (χ0v) is 20.8. The van der Waals surface area contributed by atoms with Crippen molar-refractivity contribution < 1.29 is 9.21 Å². The maximum absolute atomic E-state index is 13.9. The van der Waals surface area contributed by atoms with Crippen LogP contribution in [0, 0.1) is 0 Å². The van der Waals surface area contributed by atoms with E-state index in [0.717, 1.165) is 22.0 Å². The Morgan fingerprint density at radius 3 is 2.61 bits per heavy atom. The van der Waals surface area contributed by atoms with Crippen molar-refractivity contribution in [2.75, 3.05) is 0 Å². The summed E-state index contributed by atoms with van der Waals surface area (Å²) < 4.78 is 7.30. The minimum absolute atomic E-state index is 0.189. The first kappa shape index (κ1) is 22.5. The van der Waals surface area contributed by atoms with Crippen molar-refractivity contribution in [2.45, 2.75) is 12.5 Å². The molecule has 1 atom stereocenters. The van der Waals surface area contributed by atoms with Gasteiger partial charge in [0.1, 0.15) is 11.8 Å². The second-order valence-electron chi connectivity index (χ2n) is 8.55. The fourth-order valence-corrected chi connectivity index (χ4v) is 5.58. The highest BCUT2D eigenvalue weighted by atomic mass is 35.5. The predicted octanol–water partition coefficient (Wildman–Crippen LogP) is 6.50. The molecule has 36 heavy (non-hydrogen) atoms. The van der Waals surface area contributed by atoms with Gasteiger partial charge in [0.05, 0.1) is 27.9 Å². The number of hydrogen-bond acceptors (Lipinski definition) is 5. The lowest BCUT2D eigenvalue weighted by Crippen LogP contribution is -2.26. The highest BCUT2D eigenvalue weighted by molar-refractivity contribution is 7.12. The van der Waals surface area contributed by atoms with Gasteiger partial charge in [-0.3, -0.25) is 9.59 Å². The molecule has 6 nitrogen and oxygen atoms in total. The van der Waals surface area contributed by atoms with Crippen LogP contribution in [0.25, 0.3) is 22.0 Å². The number of hydrogen-bond donors (Lipinski definition) is 0. The van der Waals surface area contributed by atoms with Crippen molar-refractivity contribution in [2.24, 2.45) is 12.1 Å². The van der Waals surface area contributed by atoms with Gasteiger partial charge >= 0.3 is 0 Å². The number of carbonyl (C=O) groups is 1. The molecule has 2 aromatic carbocycles. The van der Waals surface area contributed by atoms with Gasteiger partial charge in [-0.1, -0.05) is 48.0 Å². The van der Waals surface area contributed by atoms with E-state index in [9.17, 15) is 9.59 Å². The molecule has 0 aliphatic carbocycles. The lowest BCUT2D eigenvalue weighted by atomic mass is 9.91. The third kappa shape index (κ3) is 3.68. The van der Waals surface area contributed by atoms with Crippen molar-refractivity contribution in [3.8, 4) is 11.1 Å². The van der Waals surface area contributed by atoms with Crippen LogP contribution in [-0.2, 0) is 7.05 Å². The average Bonchev–Trinajstić information content (AvgIpc) is 3.67. The maximum atomic E-state index is 13.9. The van der Waals surface area contributed by atoms with Gasteiger partial charge in [-0.2, -0.15) is 5.10 Å². The Labute approximate surface area is 215 Å². The lowest BCUT2D eigenvalue weighted by molar-refractivity contribution is 0.0698. The number of fused-ring (bicyclic) bond motifs is 1. The summed E-state index contributed by atoms with van der Waals surface area (Å²) in [5.74, 6) is 0.379. The van der Waals surface area contributed by atoms with Crippen molar-refractivity contribution in [1.29, 1.82) is 0 Å². The normalized spacial score (nSPS) is 15.4. The Morgan fingerprint density at radius 1 is 1.06 bits per heavy atom. The molecule has 0 saturated carbocycles. The van der Waals surface area contributed by atoms with E-state index in [1.807, 2.05) is 60.0 Å². The molecule has 0 fully saturated rings. The molecule has 6 rings (SSSR count). The summed E-state index contributed by atoms with van der Waals surface area (Å²) in [4.78, 5) is 27.9. The summed E-state index contributed by atoms with van der Waals surface area (Å²) in [6.07, 6.45) is 1.92. The number of halogens is 1. The van der Waals surface area contributed by atoms with Crippen LogP contribution < -0.4 is 5.56 Å². The number of rotatable bonds is 4. The molecule has 4 heterocycles. The summed E-state index contributed by atoms with van der Waals surface area (Å²) in [7, 11) is 1.74. The molecule has 1 aliphatic heterocycles. The van der Waals surface area contributed by atoms with Crippen molar-refractivity contribution in [1.82, 2.24) is 9.58 Å². The van der Waals surface area contributed by atoms with E-state index < -0.39 is 6.04 Å². The van der Waals surface area contributed by atoms with Crippen LogP contribution in [0.4, 0.5) is 0 Å². The number of hydrazone groups is 1. The van der Waals surface area contributed by atoms with E-state index in [2.05, 4.69) is 0 Å². The van der Waals surface area contributed by atoms with Gasteiger partial charge in [-0.15, -0.1) is 11.3 Å². The van der Waals surface area contributed by atoms with Crippen LogP contribution in [0.1, 0.15) is 33.5 Å². The molecule has 0 radical (unpaired) electrons. The monoisotopic (exact) mass is 513 g/mol. The highest BCUT2D eigenvalue weighted by Crippen LogP contribution is 2.38. The van der Waals surface area contributed by atoms with Crippen molar-refractivity contribution in [3.63, 3.8) is 0 Å². The summed E-state index contributed by atoms with van der Waals surface area (Å²) in [5, 5.41) is 9.47. The quantitative estimate of drug-likeness (QED) is 0.275. The first-order valence-corrected chi connectivity index (χ1v) is 12.6. The number of thiophene rings is 1. The van der Waals surface area contributed by atoms with Crippen molar-refractivity contribution >= 4 is 45.5 Å². The van der Waals surface area contributed by atoms with Crippen LogP contribution in [0.5, 0.6) is 0 Å². The van der Waals surface area contributed by atoms with Crippen LogP contribution in [0.15, 0.2) is 98.8 Å². The Bertz CT molecular complexity index is 1670. The molecule has 0 N–H and O–H groups in total. The van der Waals surface area contributed by atoms with Gasteiger partial charge in [0.15, 0.2) is 0 Å². The maximum Gasteiger partial charge on any atom is 0.284 e. The molecule has 1 amide bonds. The fraction of sp³-hybridized carbons (Fsp3) is 0.107. The molecule has 5 aromatic rings. The van der Waals surface area contributed by atoms with Gasteiger partial charge in [0, 0.05) is 29.4 Å². The second kappa shape index (κ2) is 8.93. The number of aromatic nitrogens is 1. The Balaban J connectivity index is 1.61. The van der Waals surface area contributed by atoms with Gasteiger partial charge in [-0.05, 0) is 47.3 Å². The van der Waals surface area contributed by atoms with Crippen molar-refractivity contribution in [3.05, 3.63) is 116 Å². The summed E-state index contributed by atoms with van der Waals surface area (Å²) in [6, 6.07) is 22.0. The number of carbonyl (C=O) groups excluding carboxylic acids is 1. The Hall–Kier alpha value is -3.94. The van der Waals surface area contributed by atoms with Crippen LogP contribution in [-0.4, -0.2) is 21.2 Å². The number of nitrogens with zero attached hydrogens (tertiary/aromatic N) is 3. The van der Waals surface area contributed by atoms with E-state index in [0.29, 0.717) is 33.4 Å². The standard InChI is InChI=1S/C28H20ClN3O3S/c1-31-21-12-11-18(29)15-19(21)25(17-7-3-2-4-8-17)26(28(31)34)20-16-22(23-9-5-13-35-23)32(30-20)27(33)24-10-6-14-36-24/h2-15,22H,16H2,1H3. The number of amides is 1. The minimum Gasteiger partial charge on any atom is -0.467 e. The van der Waals surface area contributed by atoms with E-state index in [-0.39, 0.29) is 11.5 Å². The van der Waals surface area contributed by atoms with Crippen LogP contribution >= 0.6 is 22.9 Å². The minimum atomic E-state index is -0.465. The zero-order chi connectivity index (χ0) is 24.8. The van der Waals surface area contributed by atoms with Gasteiger partial charge in [0.2, 0.25) is 0 Å². The lowest BCUT2D eigenvalue weighted by Gasteiger charge is -2.19. The van der Waals surface area contributed by atoms with Crippen LogP contribution in [0.2, 0.25) is 5.02 Å². The van der Waals surface area contributed by atoms with E-state index in [4.69, 9.17) is 21.1 Å². The number of benzene rings is 2. The Kier molecular flexibility index (Phi) is 5.59. The fourth-order valence-electron chi connectivity index (χ4n) is 4.76. The molecule has 8 heteroatoms. The average molecular weight is 514 g/mol. The van der Waals surface area contributed by atoms with Crippen LogP contribution in [0.3, 0.4) is 0 Å². The number of aryl methyl sites for hydroxylation is 1. The SMILES string of the molecule is Cn1c(=O)c(C2=NN(C(=O)c3cccs3)C(c3ccco3)C2)c(-c2ccccc2)c2cc(Cl)ccc21. The topological polar surface area (TPSA) is 67.8 Å². The molecule has 1 unspecified atom stereocenters. The molecule has 1 aliphatic rings. The number of pyridine rings is 1. The van der Waals surface area contributed by atoms with Gasteiger partial charge in [-0.25, -0.2) is 5.01 Å². The molecular weight excluding hydrogens is 494 g/mol. The zero-order valence-electron chi connectivity index (χ0n) is 19.2.